The van der Waals surface area contributed by atoms with Crippen molar-refractivity contribution in [2.24, 2.45) is 0 Å². The van der Waals surface area contributed by atoms with E-state index in [2.05, 4.69) is 17.1 Å². The molecule has 0 aliphatic heterocycles. The van der Waals surface area contributed by atoms with Gasteiger partial charge in [0.25, 0.3) is 0 Å². The SMILES string of the molecule is CC(C)N(CC(=O)N(CCc1c[nH]c2ccccc12)Cc1ccccc1)C(=O)N(C)C. The molecule has 3 rings (SSSR count). The van der Waals surface area contributed by atoms with E-state index < -0.39 is 0 Å². The van der Waals surface area contributed by atoms with Gasteiger partial charge in [-0.15, -0.1) is 0 Å². The fraction of sp³-hybridized carbons (Fsp3) is 0.360. The van der Waals surface area contributed by atoms with E-state index in [1.165, 1.54) is 15.8 Å². The summed E-state index contributed by atoms with van der Waals surface area (Å²) in [6.07, 6.45) is 2.76. The average Bonchev–Trinajstić information content (AvgIpc) is 3.18. The maximum Gasteiger partial charge on any atom is 0.320 e. The number of aromatic amines is 1. The zero-order chi connectivity index (χ0) is 22.4. The molecule has 0 fully saturated rings. The van der Waals surface area contributed by atoms with Gasteiger partial charge in [-0.3, -0.25) is 4.79 Å². The smallest absolute Gasteiger partial charge is 0.320 e. The van der Waals surface area contributed by atoms with Gasteiger partial charge in [0.2, 0.25) is 5.91 Å². The van der Waals surface area contributed by atoms with Crippen molar-refractivity contribution in [2.75, 3.05) is 27.2 Å². The summed E-state index contributed by atoms with van der Waals surface area (Å²) >= 11 is 0. The summed E-state index contributed by atoms with van der Waals surface area (Å²) in [6.45, 7) is 5.03. The third-order valence-corrected chi connectivity index (χ3v) is 5.45. The second-order valence-electron chi connectivity index (χ2n) is 8.31. The van der Waals surface area contributed by atoms with Crippen LogP contribution in [-0.4, -0.2) is 64.8 Å². The highest BCUT2D eigenvalue weighted by Gasteiger charge is 2.24. The van der Waals surface area contributed by atoms with Gasteiger partial charge < -0.3 is 19.7 Å². The Morgan fingerprint density at radius 2 is 1.65 bits per heavy atom. The zero-order valence-electron chi connectivity index (χ0n) is 18.8. The minimum absolute atomic E-state index is 0.0485. The molecule has 0 aliphatic carbocycles. The Hall–Kier alpha value is -3.28. The van der Waals surface area contributed by atoms with Crippen LogP contribution in [-0.2, 0) is 17.8 Å². The summed E-state index contributed by atoms with van der Waals surface area (Å²) in [4.78, 5) is 34.2. The van der Waals surface area contributed by atoms with Crippen molar-refractivity contribution in [1.29, 1.82) is 0 Å². The molecule has 3 aromatic rings. The third kappa shape index (κ3) is 5.66. The van der Waals surface area contributed by atoms with Gasteiger partial charge in [-0.1, -0.05) is 48.5 Å². The monoisotopic (exact) mass is 420 g/mol. The number of carbonyl (C=O) groups is 2. The molecular formula is C25H32N4O2. The number of urea groups is 1. The van der Waals surface area contributed by atoms with Gasteiger partial charge in [-0.2, -0.15) is 0 Å². The van der Waals surface area contributed by atoms with E-state index in [0.29, 0.717) is 13.1 Å². The first-order valence-electron chi connectivity index (χ1n) is 10.7. The van der Waals surface area contributed by atoms with E-state index in [1.807, 2.05) is 67.4 Å². The van der Waals surface area contributed by atoms with E-state index in [-0.39, 0.29) is 24.5 Å². The summed E-state index contributed by atoms with van der Waals surface area (Å²) in [5.41, 5.74) is 3.36. The lowest BCUT2D eigenvalue weighted by atomic mass is 10.1. The summed E-state index contributed by atoms with van der Waals surface area (Å²) in [6, 6.07) is 18.0. The maximum absolute atomic E-state index is 13.3. The van der Waals surface area contributed by atoms with Crippen molar-refractivity contribution in [3.8, 4) is 0 Å². The molecule has 6 nitrogen and oxygen atoms in total. The van der Waals surface area contributed by atoms with Crippen molar-refractivity contribution in [3.63, 3.8) is 0 Å². The molecule has 2 aromatic carbocycles. The van der Waals surface area contributed by atoms with Crippen LogP contribution in [0.2, 0.25) is 0 Å². The van der Waals surface area contributed by atoms with E-state index in [1.54, 1.807) is 19.0 Å². The van der Waals surface area contributed by atoms with E-state index in [4.69, 9.17) is 0 Å². The van der Waals surface area contributed by atoms with Crippen LogP contribution in [0.4, 0.5) is 4.79 Å². The summed E-state index contributed by atoms with van der Waals surface area (Å²) in [7, 11) is 3.42. The molecular weight excluding hydrogens is 388 g/mol. The Morgan fingerprint density at radius 3 is 2.32 bits per heavy atom. The average molecular weight is 421 g/mol. The van der Waals surface area contributed by atoms with Crippen LogP contribution in [0.25, 0.3) is 10.9 Å². The third-order valence-electron chi connectivity index (χ3n) is 5.45. The highest BCUT2D eigenvalue weighted by Crippen LogP contribution is 2.19. The number of hydrogen-bond acceptors (Lipinski definition) is 2. The molecule has 0 atom stereocenters. The van der Waals surface area contributed by atoms with Crippen LogP contribution < -0.4 is 0 Å². The number of carbonyl (C=O) groups excluding carboxylic acids is 2. The maximum atomic E-state index is 13.3. The molecule has 0 saturated heterocycles. The van der Waals surface area contributed by atoms with Crippen molar-refractivity contribution in [3.05, 3.63) is 71.9 Å². The molecule has 0 radical (unpaired) electrons. The van der Waals surface area contributed by atoms with Crippen molar-refractivity contribution in [2.45, 2.75) is 32.9 Å². The molecule has 0 unspecified atom stereocenters. The molecule has 3 amide bonds. The number of hydrogen-bond donors (Lipinski definition) is 1. The number of nitrogens with one attached hydrogen (secondary N) is 1. The van der Waals surface area contributed by atoms with Gasteiger partial charge >= 0.3 is 6.03 Å². The van der Waals surface area contributed by atoms with Crippen molar-refractivity contribution < 1.29 is 9.59 Å². The highest BCUT2D eigenvalue weighted by atomic mass is 16.2. The number of fused-ring (bicyclic) bond motifs is 1. The van der Waals surface area contributed by atoms with Gasteiger partial charge in [0, 0.05) is 50.3 Å². The number of benzene rings is 2. The number of aromatic nitrogens is 1. The Labute approximate surface area is 184 Å². The molecule has 1 heterocycles. The van der Waals surface area contributed by atoms with Crippen molar-refractivity contribution >= 4 is 22.8 Å². The van der Waals surface area contributed by atoms with Crippen LogP contribution in [0, 0.1) is 0 Å². The summed E-state index contributed by atoms with van der Waals surface area (Å²) < 4.78 is 0. The summed E-state index contributed by atoms with van der Waals surface area (Å²) in [5.74, 6) is -0.0485. The topological polar surface area (TPSA) is 59.7 Å². The fourth-order valence-electron chi connectivity index (χ4n) is 3.66. The fourth-order valence-corrected chi connectivity index (χ4v) is 3.66. The molecule has 0 aliphatic rings. The van der Waals surface area contributed by atoms with Gasteiger partial charge in [0.1, 0.15) is 6.54 Å². The molecule has 0 saturated carbocycles. The Kier molecular flexibility index (Phi) is 7.34. The van der Waals surface area contributed by atoms with Crippen LogP contribution in [0.5, 0.6) is 0 Å². The van der Waals surface area contributed by atoms with Gasteiger partial charge in [-0.25, -0.2) is 4.79 Å². The quantitative estimate of drug-likeness (QED) is 0.596. The normalized spacial score (nSPS) is 11.0. The second-order valence-corrected chi connectivity index (χ2v) is 8.31. The zero-order valence-corrected chi connectivity index (χ0v) is 18.8. The molecule has 0 bridgehead atoms. The van der Waals surface area contributed by atoms with Crippen molar-refractivity contribution in [1.82, 2.24) is 19.7 Å². The first-order chi connectivity index (χ1) is 14.9. The Balaban J connectivity index is 1.78. The van der Waals surface area contributed by atoms with Gasteiger partial charge in [-0.05, 0) is 37.5 Å². The van der Waals surface area contributed by atoms with Crippen LogP contribution in [0.15, 0.2) is 60.8 Å². The predicted octanol–water partition coefficient (Wildman–Crippen LogP) is 4.13. The molecule has 31 heavy (non-hydrogen) atoms. The minimum Gasteiger partial charge on any atom is -0.361 e. The van der Waals surface area contributed by atoms with E-state index in [9.17, 15) is 9.59 Å². The molecule has 6 heteroatoms. The van der Waals surface area contributed by atoms with Gasteiger partial charge in [0.05, 0.1) is 0 Å². The molecule has 1 N–H and O–H groups in total. The number of rotatable bonds is 8. The van der Waals surface area contributed by atoms with E-state index in [0.717, 1.165) is 17.5 Å². The van der Waals surface area contributed by atoms with Crippen LogP contribution >= 0.6 is 0 Å². The molecule has 164 valence electrons. The first-order valence-corrected chi connectivity index (χ1v) is 10.7. The van der Waals surface area contributed by atoms with Crippen LogP contribution in [0.1, 0.15) is 25.0 Å². The second kappa shape index (κ2) is 10.2. The van der Waals surface area contributed by atoms with Crippen LogP contribution in [0.3, 0.4) is 0 Å². The first kappa shape index (κ1) is 22.4. The standard InChI is InChI=1S/C25H32N4O2/c1-19(2)29(25(31)27(3)4)18-24(30)28(17-20-10-6-5-7-11-20)15-14-21-16-26-23-13-9-8-12-22(21)23/h5-13,16,19,26H,14-15,17-18H2,1-4H3. The Morgan fingerprint density at radius 1 is 0.968 bits per heavy atom. The highest BCUT2D eigenvalue weighted by molar-refractivity contribution is 5.85. The Bertz CT molecular complexity index is 1010. The summed E-state index contributed by atoms with van der Waals surface area (Å²) in [5, 5.41) is 1.18. The molecule has 0 spiro atoms. The number of para-hydroxylation sites is 1. The molecule has 1 aromatic heterocycles. The van der Waals surface area contributed by atoms with E-state index >= 15 is 0 Å². The number of H-pyrrole nitrogens is 1. The lowest BCUT2D eigenvalue weighted by Crippen LogP contribution is -2.49. The predicted molar refractivity (Wildman–Crippen MR) is 125 cm³/mol. The number of nitrogens with zero attached hydrogens (tertiary/aromatic N) is 3. The lowest BCUT2D eigenvalue weighted by Gasteiger charge is -2.32. The lowest BCUT2D eigenvalue weighted by molar-refractivity contribution is -0.132. The minimum atomic E-state index is -0.153. The van der Waals surface area contributed by atoms with Gasteiger partial charge in [0.15, 0.2) is 0 Å². The largest absolute Gasteiger partial charge is 0.361 e. The number of amides is 3.